The summed E-state index contributed by atoms with van der Waals surface area (Å²) in [5.74, 6) is 0.471. The average molecular weight is 140 g/mol. The SMILES string of the molecule is O=C/C=C/C1CCCOC1. The molecule has 0 aromatic rings. The van der Waals surface area contributed by atoms with Gasteiger partial charge in [0.2, 0.25) is 0 Å². The average Bonchev–Trinajstić information content (AvgIpc) is 2.03. The summed E-state index contributed by atoms with van der Waals surface area (Å²) in [5, 5.41) is 0. The molecular weight excluding hydrogens is 128 g/mol. The van der Waals surface area contributed by atoms with Gasteiger partial charge in [0.1, 0.15) is 6.29 Å². The van der Waals surface area contributed by atoms with Crippen LogP contribution < -0.4 is 0 Å². The van der Waals surface area contributed by atoms with Gasteiger partial charge in [0.15, 0.2) is 0 Å². The Bertz CT molecular complexity index is 123. The Balaban J connectivity index is 2.25. The molecule has 56 valence electrons. The Labute approximate surface area is 60.9 Å². The third-order valence-corrected chi connectivity index (χ3v) is 1.66. The van der Waals surface area contributed by atoms with Gasteiger partial charge in [0.05, 0.1) is 6.61 Å². The molecule has 2 nitrogen and oxygen atoms in total. The van der Waals surface area contributed by atoms with Crippen LogP contribution in [0.15, 0.2) is 12.2 Å². The summed E-state index contributed by atoms with van der Waals surface area (Å²) in [4.78, 5) is 9.92. The number of aldehydes is 1. The van der Waals surface area contributed by atoms with Crippen LogP contribution in [-0.4, -0.2) is 19.5 Å². The van der Waals surface area contributed by atoms with Crippen LogP contribution in [0.2, 0.25) is 0 Å². The second kappa shape index (κ2) is 4.23. The van der Waals surface area contributed by atoms with Crippen LogP contribution in [0.3, 0.4) is 0 Å². The van der Waals surface area contributed by atoms with Gasteiger partial charge in [0.25, 0.3) is 0 Å². The number of rotatable bonds is 2. The predicted octanol–water partition coefficient (Wildman–Crippen LogP) is 1.17. The standard InChI is InChI=1S/C8H12O2/c9-5-1-3-8-4-2-6-10-7-8/h1,3,5,8H,2,4,6-7H2/b3-1+. The van der Waals surface area contributed by atoms with Crippen molar-refractivity contribution in [3.63, 3.8) is 0 Å². The summed E-state index contributed by atoms with van der Waals surface area (Å²) in [6.45, 7) is 1.66. The molecule has 0 N–H and O–H groups in total. The molecule has 0 aliphatic carbocycles. The summed E-state index contributed by atoms with van der Waals surface area (Å²) in [6, 6.07) is 0. The van der Waals surface area contributed by atoms with Crippen molar-refractivity contribution >= 4 is 6.29 Å². The lowest BCUT2D eigenvalue weighted by molar-refractivity contribution is -0.104. The lowest BCUT2D eigenvalue weighted by atomic mass is 10.0. The van der Waals surface area contributed by atoms with E-state index in [9.17, 15) is 4.79 Å². The zero-order valence-corrected chi connectivity index (χ0v) is 5.95. The van der Waals surface area contributed by atoms with Crippen LogP contribution in [-0.2, 0) is 9.53 Å². The predicted molar refractivity (Wildman–Crippen MR) is 38.7 cm³/mol. The highest BCUT2D eigenvalue weighted by atomic mass is 16.5. The highest BCUT2D eigenvalue weighted by Gasteiger charge is 2.09. The number of hydrogen-bond donors (Lipinski definition) is 0. The number of ether oxygens (including phenoxy) is 1. The van der Waals surface area contributed by atoms with E-state index in [0.717, 1.165) is 32.3 Å². The largest absolute Gasteiger partial charge is 0.381 e. The van der Waals surface area contributed by atoms with E-state index in [-0.39, 0.29) is 0 Å². The van der Waals surface area contributed by atoms with Crippen molar-refractivity contribution < 1.29 is 9.53 Å². The maximum absolute atomic E-state index is 9.92. The van der Waals surface area contributed by atoms with Gasteiger partial charge in [-0.05, 0) is 18.9 Å². The van der Waals surface area contributed by atoms with E-state index in [2.05, 4.69) is 0 Å². The van der Waals surface area contributed by atoms with Crippen LogP contribution >= 0.6 is 0 Å². The second-order valence-electron chi connectivity index (χ2n) is 2.50. The third-order valence-electron chi connectivity index (χ3n) is 1.66. The van der Waals surface area contributed by atoms with E-state index < -0.39 is 0 Å². The second-order valence-corrected chi connectivity index (χ2v) is 2.50. The topological polar surface area (TPSA) is 26.3 Å². The Hall–Kier alpha value is -0.630. The molecule has 1 unspecified atom stereocenters. The Morgan fingerprint density at radius 1 is 1.50 bits per heavy atom. The molecule has 0 saturated carbocycles. The normalized spacial score (nSPS) is 27.0. The summed E-state index contributed by atoms with van der Waals surface area (Å²) in [7, 11) is 0. The lowest BCUT2D eigenvalue weighted by Gasteiger charge is -2.18. The van der Waals surface area contributed by atoms with Gasteiger partial charge < -0.3 is 4.74 Å². The Morgan fingerprint density at radius 3 is 3.00 bits per heavy atom. The van der Waals surface area contributed by atoms with E-state index in [4.69, 9.17) is 4.74 Å². The number of carbonyl (C=O) groups is 1. The molecule has 10 heavy (non-hydrogen) atoms. The smallest absolute Gasteiger partial charge is 0.142 e. The Kier molecular flexibility index (Phi) is 3.16. The summed E-state index contributed by atoms with van der Waals surface area (Å²) < 4.78 is 5.21. The first-order valence-corrected chi connectivity index (χ1v) is 3.63. The molecule has 1 heterocycles. The fraction of sp³-hybridized carbons (Fsp3) is 0.625. The minimum atomic E-state index is 0.471. The van der Waals surface area contributed by atoms with Gasteiger partial charge in [0, 0.05) is 12.5 Å². The van der Waals surface area contributed by atoms with E-state index in [1.165, 1.54) is 0 Å². The molecule has 1 rings (SSSR count). The molecule has 1 saturated heterocycles. The van der Waals surface area contributed by atoms with Gasteiger partial charge >= 0.3 is 0 Å². The van der Waals surface area contributed by atoms with Crippen molar-refractivity contribution in [1.82, 2.24) is 0 Å². The fourth-order valence-corrected chi connectivity index (χ4v) is 1.12. The molecule has 1 fully saturated rings. The molecule has 0 aromatic heterocycles. The summed E-state index contributed by atoms with van der Waals surface area (Å²) in [5.41, 5.74) is 0. The number of allylic oxidation sites excluding steroid dienone is 1. The van der Waals surface area contributed by atoms with Gasteiger partial charge in [-0.1, -0.05) is 6.08 Å². The van der Waals surface area contributed by atoms with Crippen molar-refractivity contribution in [2.45, 2.75) is 12.8 Å². The quantitative estimate of drug-likeness (QED) is 0.425. The maximum atomic E-state index is 9.92. The molecular formula is C8H12O2. The van der Waals surface area contributed by atoms with Crippen molar-refractivity contribution in [2.75, 3.05) is 13.2 Å². The van der Waals surface area contributed by atoms with E-state index >= 15 is 0 Å². The fourth-order valence-electron chi connectivity index (χ4n) is 1.12. The minimum Gasteiger partial charge on any atom is -0.381 e. The molecule has 0 aromatic carbocycles. The van der Waals surface area contributed by atoms with E-state index in [1.54, 1.807) is 6.08 Å². The molecule has 1 aliphatic heterocycles. The maximum Gasteiger partial charge on any atom is 0.142 e. The number of carbonyl (C=O) groups excluding carboxylic acids is 1. The highest BCUT2D eigenvalue weighted by Crippen LogP contribution is 2.13. The van der Waals surface area contributed by atoms with Crippen LogP contribution in [0.4, 0.5) is 0 Å². The molecule has 1 aliphatic rings. The molecule has 2 heteroatoms. The zero-order valence-electron chi connectivity index (χ0n) is 5.95. The Morgan fingerprint density at radius 2 is 2.40 bits per heavy atom. The van der Waals surface area contributed by atoms with Gasteiger partial charge in [-0.25, -0.2) is 0 Å². The van der Waals surface area contributed by atoms with E-state index in [1.807, 2.05) is 6.08 Å². The van der Waals surface area contributed by atoms with Gasteiger partial charge in [-0.2, -0.15) is 0 Å². The van der Waals surface area contributed by atoms with Crippen LogP contribution in [0.5, 0.6) is 0 Å². The van der Waals surface area contributed by atoms with Crippen molar-refractivity contribution in [1.29, 1.82) is 0 Å². The van der Waals surface area contributed by atoms with Crippen LogP contribution in [0.25, 0.3) is 0 Å². The third kappa shape index (κ3) is 2.31. The lowest BCUT2D eigenvalue weighted by Crippen LogP contribution is -2.14. The van der Waals surface area contributed by atoms with Gasteiger partial charge in [-0.3, -0.25) is 4.79 Å². The van der Waals surface area contributed by atoms with Gasteiger partial charge in [-0.15, -0.1) is 0 Å². The summed E-state index contributed by atoms with van der Waals surface area (Å²) in [6.07, 6.45) is 6.57. The molecule has 0 radical (unpaired) electrons. The molecule has 0 amide bonds. The van der Waals surface area contributed by atoms with Crippen molar-refractivity contribution in [3.8, 4) is 0 Å². The minimum absolute atomic E-state index is 0.471. The molecule has 1 atom stereocenters. The monoisotopic (exact) mass is 140 g/mol. The number of hydrogen-bond acceptors (Lipinski definition) is 2. The summed E-state index contributed by atoms with van der Waals surface area (Å²) >= 11 is 0. The van der Waals surface area contributed by atoms with Crippen molar-refractivity contribution in [3.05, 3.63) is 12.2 Å². The zero-order chi connectivity index (χ0) is 7.23. The first-order chi connectivity index (χ1) is 4.93. The molecule has 0 spiro atoms. The van der Waals surface area contributed by atoms with Crippen LogP contribution in [0, 0.1) is 5.92 Å². The van der Waals surface area contributed by atoms with Crippen molar-refractivity contribution in [2.24, 2.45) is 5.92 Å². The first-order valence-electron chi connectivity index (χ1n) is 3.63. The van der Waals surface area contributed by atoms with E-state index in [0.29, 0.717) is 5.92 Å². The first kappa shape index (κ1) is 7.48. The van der Waals surface area contributed by atoms with Crippen LogP contribution in [0.1, 0.15) is 12.8 Å². The molecule has 0 bridgehead atoms. The highest BCUT2D eigenvalue weighted by molar-refractivity contribution is 5.64.